The molecule has 2 aliphatic rings. The van der Waals surface area contributed by atoms with Crippen molar-refractivity contribution in [1.82, 2.24) is 10.6 Å². The van der Waals surface area contributed by atoms with Gasteiger partial charge in [-0.3, -0.25) is 0 Å². The van der Waals surface area contributed by atoms with Crippen LogP contribution in [0.25, 0.3) is 0 Å². The number of rotatable bonds is 5. The summed E-state index contributed by atoms with van der Waals surface area (Å²) in [5.74, 6) is -0.782. The summed E-state index contributed by atoms with van der Waals surface area (Å²) in [5, 5.41) is 14.9. The van der Waals surface area contributed by atoms with Gasteiger partial charge < -0.3 is 15.7 Å². The fourth-order valence-corrected chi connectivity index (χ4v) is 3.59. The summed E-state index contributed by atoms with van der Waals surface area (Å²) >= 11 is 0. The molecule has 1 aromatic carbocycles. The maximum absolute atomic E-state index is 14.0. The van der Waals surface area contributed by atoms with Crippen molar-refractivity contribution < 1.29 is 18.7 Å². The Morgan fingerprint density at radius 2 is 1.92 bits per heavy atom. The van der Waals surface area contributed by atoms with Crippen LogP contribution in [0.3, 0.4) is 0 Å². The van der Waals surface area contributed by atoms with Crippen LogP contribution in [0.15, 0.2) is 18.2 Å². The van der Waals surface area contributed by atoms with Gasteiger partial charge in [0.1, 0.15) is 11.6 Å². The molecule has 3 N–H and O–H groups in total. The van der Waals surface area contributed by atoms with Crippen LogP contribution in [0.4, 0.5) is 13.6 Å². The highest BCUT2D eigenvalue weighted by molar-refractivity contribution is 5.74. The van der Waals surface area contributed by atoms with Crippen molar-refractivity contribution in [2.45, 2.75) is 50.0 Å². The Morgan fingerprint density at radius 1 is 1.21 bits per heavy atom. The SMILES string of the molecule is O=C(NCC1(c2ccc(F)cc2F)CC1)NC1CCC(CO)CC1. The van der Waals surface area contributed by atoms with Gasteiger partial charge in [0.15, 0.2) is 0 Å². The molecule has 4 nitrogen and oxygen atoms in total. The van der Waals surface area contributed by atoms with Crippen molar-refractivity contribution >= 4 is 6.03 Å². The van der Waals surface area contributed by atoms with E-state index < -0.39 is 17.0 Å². The number of aliphatic hydroxyl groups excluding tert-OH is 1. The van der Waals surface area contributed by atoms with Crippen molar-refractivity contribution in [3.8, 4) is 0 Å². The maximum Gasteiger partial charge on any atom is 0.315 e. The molecule has 0 unspecified atom stereocenters. The van der Waals surface area contributed by atoms with Gasteiger partial charge >= 0.3 is 6.03 Å². The topological polar surface area (TPSA) is 61.4 Å². The standard InChI is InChI=1S/C18H24F2N2O2/c19-13-3-6-15(16(20)9-13)18(7-8-18)11-21-17(24)22-14-4-1-12(10-23)2-5-14/h3,6,9,12,14,23H,1-2,4-5,7-8,10-11H2,(H2,21,22,24). The first kappa shape index (κ1) is 17.1. The molecule has 2 saturated carbocycles. The first-order chi connectivity index (χ1) is 11.5. The zero-order chi connectivity index (χ0) is 17.2. The zero-order valence-electron chi connectivity index (χ0n) is 13.7. The van der Waals surface area contributed by atoms with Crippen LogP contribution in [0, 0.1) is 17.6 Å². The van der Waals surface area contributed by atoms with Gasteiger partial charge in [0.2, 0.25) is 0 Å². The smallest absolute Gasteiger partial charge is 0.315 e. The summed E-state index contributed by atoms with van der Waals surface area (Å²) in [4.78, 5) is 12.1. The summed E-state index contributed by atoms with van der Waals surface area (Å²) in [6, 6.07) is 3.53. The second-order valence-electron chi connectivity index (χ2n) is 7.13. The molecule has 0 spiro atoms. The summed E-state index contributed by atoms with van der Waals surface area (Å²) in [5.41, 5.74) is 0.0802. The predicted molar refractivity (Wildman–Crippen MR) is 86.6 cm³/mol. The largest absolute Gasteiger partial charge is 0.396 e. The van der Waals surface area contributed by atoms with Crippen molar-refractivity contribution in [3.63, 3.8) is 0 Å². The molecule has 2 aliphatic carbocycles. The molecular formula is C18H24F2N2O2. The first-order valence-electron chi connectivity index (χ1n) is 8.63. The lowest BCUT2D eigenvalue weighted by atomic mass is 9.87. The van der Waals surface area contributed by atoms with Gasteiger partial charge in [0, 0.05) is 30.7 Å². The Kier molecular flexibility index (Phi) is 5.04. The molecule has 0 aromatic heterocycles. The predicted octanol–water partition coefficient (Wildman–Crippen LogP) is 2.85. The number of urea groups is 1. The van der Waals surface area contributed by atoms with E-state index in [1.54, 1.807) is 0 Å². The third-order valence-electron chi connectivity index (χ3n) is 5.38. The summed E-state index contributed by atoms with van der Waals surface area (Å²) in [6.45, 7) is 0.568. The van der Waals surface area contributed by atoms with Gasteiger partial charge in [-0.2, -0.15) is 0 Å². The molecule has 0 radical (unpaired) electrons. The third-order valence-corrected chi connectivity index (χ3v) is 5.38. The normalized spacial score (nSPS) is 25.1. The monoisotopic (exact) mass is 338 g/mol. The average molecular weight is 338 g/mol. The highest BCUT2D eigenvalue weighted by Crippen LogP contribution is 2.48. The van der Waals surface area contributed by atoms with Crippen LogP contribution < -0.4 is 10.6 Å². The molecule has 2 amide bonds. The summed E-state index contributed by atoms with van der Waals surface area (Å²) in [7, 11) is 0. The third kappa shape index (κ3) is 3.86. The lowest BCUT2D eigenvalue weighted by molar-refractivity contribution is 0.174. The fraction of sp³-hybridized carbons (Fsp3) is 0.611. The Bertz CT molecular complexity index is 597. The van der Waals surface area contributed by atoms with Gasteiger partial charge in [-0.15, -0.1) is 0 Å². The number of amides is 2. The van der Waals surface area contributed by atoms with Gasteiger partial charge in [0.25, 0.3) is 0 Å². The Balaban J connectivity index is 1.49. The second kappa shape index (κ2) is 7.05. The van der Waals surface area contributed by atoms with Gasteiger partial charge in [-0.05, 0) is 56.1 Å². The van der Waals surface area contributed by atoms with Crippen molar-refractivity contribution in [2.24, 2.45) is 5.92 Å². The van der Waals surface area contributed by atoms with E-state index >= 15 is 0 Å². The molecule has 0 saturated heterocycles. The minimum atomic E-state index is -0.587. The van der Waals surface area contributed by atoms with Gasteiger partial charge in [0.05, 0.1) is 0 Å². The number of hydrogen-bond acceptors (Lipinski definition) is 2. The molecule has 2 fully saturated rings. The van der Waals surface area contributed by atoms with E-state index in [4.69, 9.17) is 5.11 Å². The van der Waals surface area contributed by atoms with Crippen LogP contribution in [0.2, 0.25) is 0 Å². The van der Waals surface area contributed by atoms with Gasteiger partial charge in [-0.25, -0.2) is 13.6 Å². The van der Waals surface area contributed by atoms with E-state index in [1.807, 2.05) is 0 Å². The van der Waals surface area contributed by atoms with Crippen LogP contribution in [0.1, 0.15) is 44.1 Å². The molecule has 1 aromatic rings. The Morgan fingerprint density at radius 3 is 2.50 bits per heavy atom. The molecule has 0 heterocycles. The Labute approximate surface area is 140 Å². The fourth-order valence-electron chi connectivity index (χ4n) is 3.59. The van der Waals surface area contributed by atoms with E-state index in [9.17, 15) is 13.6 Å². The minimum Gasteiger partial charge on any atom is -0.396 e. The van der Waals surface area contributed by atoms with Crippen molar-refractivity contribution in [1.29, 1.82) is 0 Å². The van der Waals surface area contributed by atoms with Crippen LogP contribution in [0.5, 0.6) is 0 Å². The molecule has 6 heteroatoms. The molecule has 0 aliphatic heterocycles. The van der Waals surface area contributed by atoms with E-state index in [1.165, 1.54) is 12.1 Å². The molecule has 0 atom stereocenters. The van der Waals surface area contributed by atoms with Crippen LogP contribution >= 0.6 is 0 Å². The quantitative estimate of drug-likeness (QED) is 0.773. The van der Waals surface area contributed by atoms with E-state index in [-0.39, 0.29) is 18.7 Å². The highest BCUT2D eigenvalue weighted by atomic mass is 19.1. The first-order valence-corrected chi connectivity index (χ1v) is 8.63. The number of carbonyl (C=O) groups excluding carboxylic acids is 1. The molecule has 3 rings (SSSR count). The molecular weight excluding hydrogens is 314 g/mol. The zero-order valence-corrected chi connectivity index (χ0v) is 13.7. The van der Waals surface area contributed by atoms with E-state index in [2.05, 4.69) is 10.6 Å². The molecule has 132 valence electrons. The van der Waals surface area contributed by atoms with Gasteiger partial charge in [-0.1, -0.05) is 6.07 Å². The highest BCUT2D eigenvalue weighted by Gasteiger charge is 2.46. The average Bonchev–Trinajstić information content (AvgIpc) is 3.34. The second-order valence-corrected chi connectivity index (χ2v) is 7.13. The minimum absolute atomic E-state index is 0.130. The van der Waals surface area contributed by atoms with Crippen molar-refractivity contribution in [2.75, 3.05) is 13.2 Å². The lowest BCUT2D eigenvalue weighted by Crippen LogP contribution is -2.46. The van der Waals surface area contributed by atoms with E-state index in [0.717, 1.165) is 44.6 Å². The van der Waals surface area contributed by atoms with Crippen molar-refractivity contribution in [3.05, 3.63) is 35.4 Å². The molecule has 24 heavy (non-hydrogen) atoms. The summed E-state index contributed by atoms with van der Waals surface area (Å²) < 4.78 is 27.0. The number of hydrogen-bond donors (Lipinski definition) is 3. The summed E-state index contributed by atoms with van der Waals surface area (Å²) in [6.07, 6.45) is 5.17. The number of aliphatic hydroxyl groups is 1. The number of benzene rings is 1. The van der Waals surface area contributed by atoms with Crippen LogP contribution in [-0.2, 0) is 5.41 Å². The molecule has 0 bridgehead atoms. The lowest BCUT2D eigenvalue weighted by Gasteiger charge is -2.28. The Hall–Kier alpha value is -1.69. The van der Waals surface area contributed by atoms with E-state index in [0.29, 0.717) is 18.0 Å². The number of carbonyl (C=O) groups is 1. The maximum atomic E-state index is 14.0. The number of halogens is 2. The number of nitrogens with one attached hydrogen (secondary N) is 2. The van der Waals surface area contributed by atoms with Crippen LogP contribution in [-0.4, -0.2) is 30.3 Å².